The van der Waals surface area contributed by atoms with Gasteiger partial charge in [-0.1, -0.05) is 168 Å². The van der Waals surface area contributed by atoms with Crippen molar-refractivity contribution in [2.75, 3.05) is 9.80 Å². The Morgan fingerprint density at radius 3 is 1.05 bits per heavy atom. The molecule has 0 radical (unpaired) electrons. The second-order valence-electron chi connectivity index (χ2n) is 17.6. The Balaban J connectivity index is 1.21. The Bertz CT molecular complexity index is 3100. The molecule has 0 N–H and O–H groups in total. The first kappa shape index (κ1) is 41.0. The third-order valence-corrected chi connectivity index (χ3v) is 13.0. The molecule has 3 nitrogen and oxygen atoms in total. The van der Waals surface area contributed by atoms with Crippen LogP contribution in [0.4, 0.5) is 47.3 Å². The number of aryl methyl sites for hydroxylation is 4. The van der Waals surface area contributed by atoms with E-state index in [2.05, 4.69) is 195 Å². The van der Waals surface area contributed by atoms with Gasteiger partial charge in [0.1, 0.15) is 5.75 Å². The van der Waals surface area contributed by atoms with Gasteiger partial charge in [0, 0.05) is 46.3 Å². The van der Waals surface area contributed by atoms with Gasteiger partial charge in [0.25, 0.3) is 6.71 Å². The normalized spacial score (nSPS) is 12.7. The molecule has 0 saturated heterocycles. The zero-order valence-electron chi connectivity index (χ0n) is 37.0. The SMILES string of the molecule is Cc1ccc(-c2cccc(N3c4cc(-c5ccc(C)cc5)ccc4B4c5ccc(-c6ccc(C)cc6)cc5N(c5cccc(-c6ccc(C)cc6)c5)c5cc(OC(F)(F)F)cc3c54)c2)cc1. The van der Waals surface area contributed by atoms with Crippen LogP contribution in [0.25, 0.3) is 44.5 Å². The maximum Gasteiger partial charge on any atom is 0.573 e. The molecular formula is C59H44BF3N2O. The summed E-state index contributed by atoms with van der Waals surface area (Å²) in [5, 5.41) is 0. The van der Waals surface area contributed by atoms with Gasteiger partial charge in [-0.2, -0.15) is 0 Å². The van der Waals surface area contributed by atoms with Crippen LogP contribution in [0.1, 0.15) is 22.3 Å². The number of hydrogen-bond donors (Lipinski definition) is 0. The number of nitrogens with zero attached hydrogens (tertiary/aromatic N) is 2. The van der Waals surface area contributed by atoms with Crippen LogP contribution in [-0.2, 0) is 0 Å². The number of anilines is 6. The molecule has 0 atom stereocenters. The monoisotopic (exact) mass is 864 g/mol. The number of halogens is 3. The van der Waals surface area contributed by atoms with E-state index in [1.54, 1.807) is 12.1 Å². The van der Waals surface area contributed by atoms with E-state index in [1.807, 2.05) is 24.3 Å². The molecule has 0 aliphatic carbocycles. The molecule has 0 saturated carbocycles. The maximum absolute atomic E-state index is 14.6. The minimum Gasteiger partial charge on any atom is -0.406 e. The summed E-state index contributed by atoms with van der Waals surface area (Å²) in [5.74, 6) is -0.300. The van der Waals surface area contributed by atoms with E-state index in [9.17, 15) is 13.2 Å². The molecule has 66 heavy (non-hydrogen) atoms. The van der Waals surface area contributed by atoms with Crippen LogP contribution in [0, 0.1) is 27.7 Å². The van der Waals surface area contributed by atoms with Crippen molar-refractivity contribution in [3.63, 3.8) is 0 Å². The van der Waals surface area contributed by atoms with E-state index in [4.69, 9.17) is 4.74 Å². The highest BCUT2D eigenvalue weighted by Crippen LogP contribution is 2.48. The van der Waals surface area contributed by atoms with Gasteiger partial charge >= 0.3 is 6.36 Å². The number of rotatable bonds is 7. The van der Waals surface area contributed by atoms with Crippen molar-refractivity contribution in [3.8, 4) is 50.3 Å². The van der Waals surface area contributed by atoms with Crippen LogP contribution < -0.4 is 30.9 Å². The van der Waals surface area contributed by atoms with Crippen molar-refractivity contribution < 1.29 is 17.9 Å². The highest BCUT2D eigenvalue weighted by atomic mass is 19.4. The zero-order chi connectivity index (χ0) is 45.3. The molecule has 0 bridgehead atoms. The van der Waals surface area contributed by atoms with Crippen molar-refractivity contribution >= 4 is 57.2 Å². The van der Waals surface area contributed by atoms with Crippen LogP contribution in [0.15, 0.2) is 194 Å². The fourth-order valence-corrected chi connectivity index (χ4v) is 9.71. The molecule has 7 heteroatoms. The third kappa shape index (κ3) is 7.50. The average molecular weight is 865 g/mol. The lowest BCUT2D eigenvalue weighted by molar-refractivity contribution is -0.274. The minimum absolute atomic E-state index is 0.300. The third-order valence-electron chi connectivity index (χ3n) is 13.0. The quantitative estimate of drug-likeness (QED) is 0.148. The highest BCUT2D eigenvalue weighted by Gasteiger charge is 2.45. The van der Waals surface area contributed by atoms with Gasteiger partial charge in [0.2, 0.25) is 0 Å². The van der Waals surface area contributed by atoms with Gasteiger partial charge < -0.3 is 14.5 Å². The predicted molar refractivity (Wildman–Crippen MR) is 268 cm³/mol. The molecule has 2 aliphatic heterocycles. The maximum atomic E-state index is 14.6. The van der Waals surface area contributed by atoms with Crippen LogP contribution in [0.3, 0.4) is 0 Å². The van der Waals surface area contributed by atoms with Gasteiger partial charge in [0.15, 0.2) is 0 Å². The second kappa shape index (κ2) is 16.0. The summed E-state index contributed by atoms with van der Waals surface area (Å²) in [6.07, 6.45) is -4.94. The Morgan fingerprint density at radius 1 is 0.364 bits per heavy atom. The molecule has 2 aliphatic rings. The highest BCUT2D eigenvalue weighted by molar-refractivity contribution is 7.00. The van der Waals surface area contributed by atoms with E-state index < -0.39 is 6.36 Å². The van der Waals surface area contributed by atoms with Gasteiger partial charge in [-0.25, -0.2) is 0 Å². The van der Waals surface area contributed by atoms with E-state index in [0.29, 0.717) is 11.4 Å². The van der Waals surface area contributed by atoms with Crippen LogP contribution in [0.2, 0.25) is 0 Å². The van der Waals surface area contributed by atoms with Crippen molar-refractivity contribution in [2.45, 2.75) is 34.1 Å². The summed E-state index contributed by atoms with van der Waals surface area (Å²) in [6, 6.07) is 66.5. The minimum atomic E-state index is -4.94. The molecule has 0 aromatic heterocycles. The first-order valence-corrected chi connectivity index (χ1v) is 22.2. The van der Waals surface area contributed by atoms with E-state index in [0.717, 1.165) is 106 Å². The van der Waals surface area contributed by atoms with Crippen molar-refractivity contribution in [3.05, 3.63) is 216 Å². The van der Waals surface area contributed by atoms with Crippen molar-refractivity contribution in [1.82, 2.24) is 0 Å². The molecule has 0 fully saturated rings. The van der Waals surface area contributed by atoms with Crippen LogP contribution in [-0.4, -0.2) is 13.1 Å². The Morgan fingerprint density at radius 2 is 0.697 bits per heavy atom. The molecular weight excluding hydrogens is 820 g/mol. The van der Waals surface area contributed by atoms with E-state index >= 15 is 0 Å². The smallest absolute Gasteiger partial charge is 0.406 e. The van der Waals surface area contributed by atoms with Gasteiger partial charge in [-0.15, -0.1) is 13.2 Å². The average Bonchev–Trinajstić information content (AvgIpc) is 3.31. The number of alkyl halides is 3. The fourth-order valence-electron chi connectivity index (χ4n) is 9.71. The van der Waals surface area contributed by atoms with Crippen molar-refractivity contribution in [1.29, 1.82) is 0 Å². The zero-order valence-corrected chi connectivity index (χ0v) is 37.0. The topological polar surface area (TPSA) is 15.7 Å². The molecule has 9 aromatic rings. The fraction of sp³-hybridized carbons (Fsp3) is 0.0847. The Hall–Kier alpha value is -7.77. The summed E-state index contributed by atoms with van der Waals surface area (Å²) < 4.78 is 48.9. The molecule has 9 aromatic carbocycles. The van der Waals surface area contributed by atoms with Gasteiger partial charge in [-0.3, -0.25) is 0 Å². The first-order valence-electron chi connectivity index (χ1n) is 22.2. The Labute approximate surface area is 384 Å². The molecule has 2 heterocycles. The molecule has 11 rings (SSSR count). The number of benzene rings is 9. The summed E-state index contributed by atoms with van der Waals surface area (Å²) in [6.45, 7) is 7.93. The molecule has 0 spiro atoms. The molecule has 0 amide bonds. The summed E-state index contributed by atoms with van der Waals surface area (Å²) >= 11 is 0. The predicted octanol–water partition coefficient (Wildman–Crippen LogP) is 14.6. The summed E-state index contributed by atoms with van der Waals surface area (Å²) in [5.41, 5.74) is 20.4. The van der Waals surface area contributed by atoms with Crippen molar-refractivity contribution in [2.24, 2.45) is 0 Å². The largest absolute Gasteiger partial charge is 0.573 e. The second-order valence-corrected chi connectivity index (χ2v) is 17.6. The summed E-state index contributed by atoms with van der Waals surface area (Å²) in [4.78, 5) is 4.27. The van der Waals surface area contributed by atoms with Crippen LogP contribution in [0.5, 0.6) is 5.75 Å². The van der Waals surface area contributed by atoms with Gasteiger partial charge in [-0.05, 0) is 125 Å². The van der Waals surface area contributed by atoms with Gasteiger partial charge in [0.05, 0.1) is 0 Å². The first-order chi connectivity index (χ1) is 31.9. The Kier molecular flexibility index (Phi) is 9.96. The lowest BCUT2D eigenvalue weighted by Gasteiger charge is -2.44. The number of ether oxygens (including phenoxy) is 1. The van der Waals surface area contributed by atoms with E-state index in [-0.39, 0.29) is 12.5 Å². The summed E-state index contributed by atoms with van der Waals surface area (Å²) in [7, 11) is 0. The van der Waals surface area contributed by atoms with Crippen LogP contribution >= 0.6 is 0 Å². The lowest BCUT2D eigenvalue weighted by Crippen LogP contribution is -2.61. The molecule has 320 valence electrons. The standard InChI is InChI=1S/C59H44BF3N2O/c1-37-11-19-41(20-12-37)45-7-5-9-49(31-45)64-54-33-47(43-23-15-39(3)16-24-43)27-29-52(54)60-53-30-28-48(44-25-17-40(4)18-26-44)34-55(53)65(57-36-51(66-59(61,62)63)35-56(64)58(57)60)50-10-6-8-46(32-50)42-21-13-38(2)14-22-42/h5-36H,1-4H3. The lowest BCUT2D eigenvalue weighted by atomic mass is 9.33. The number of fused-ring (bicyclic) bond motifs is 4. The van der Waals surface area contributed by atoms with E-state index in [1.165, 1.54) is 0 Å². The number of hydrogen-bond acceptors (Lipinski definition) is 3. The molecule has 0 unspecified atom stereocenters.